The van der Waals surface area contributed by atoms with E-state index in [1.54, 1.807) is 0 Å². The van der Waals surface area contributed by atoms with Crippen molar-refractivity contribution < 1.29 is 9.53 Å². The quantitative estimate of drug-likeness (QED) is 0.716. The Labute approximate surface area is 144 Å². The summed E-state index contributed by atoms with van der Waals surface area (Å²) >= 11 is 0. The molecule has 0 aliphatic carbocycles. The van der Waals surface area contributed by atoms with Crippen molar-refractivity contribution in [2.75, 3.05) is 6.54 Å². The van der Waals surface area contributed by atoms with Gasteiger partial charge >= 0.3 is 0 Å². The molecule has 2 aromatic heterocycles. The van der Waals surface area contributed by atoms with Gasteiger partial charge < -0.3 is 10.1 Å². The van der Waals surface area contributed by atoms with E-state index in [9.17, 15) is 9.59 Å². The first-order valence-electron chi connectivity index (χ1n) is 8.13. The predicted molar refractivity (Wildman–Crippen MR) is 94.1 cm³/mol. The molecule has 130 valence electrons. The molecule has 3 rings (SSSR count). The average molecular weight is 340 g/mol. The van der Waals surface area contributed by atoms with Crippen LogP contribution in [0.15, 0.2) is 47.5 Å². The highest BCUT2D eigenvalue weighted by atomic mass is 16.5. The highest BCUT2D eigenvalue weighted by Gasteiger charge is 2.13. The standard InChI is InChI=1S/C18H20N4O3/c1-12(2)25-14-5-3-13(4-6-14)7-9-20-18(24)15-11-21-22-16(23)8-10-19-17(15)22/h3-6,8,10-12,21H,7,9H2,1-2H3,(H,20,24). The van der Waals surface area contributed by atoms with Crippen LogP contribution in [0.2, 0.25) is 0 Å². The van der Waals surface area contributed by atoms with Crippen molar-refractivity contribution in [2.24, 2.45) is 0 Å². The number of aromatic amines is 1. The van der Waals surface area contributed by atoms with Crippen molar-refractivity contribution in [3.8, 4) is 5.75 Å². The van der Waals surface area contributed by atoms with E-state index in [0.29, 0.717) is 24.2 Å². The zero-order valence-corrected chi connectivity index (χ0v) is 14.2. The maximum absolute atomic E-state index is 12.3. The van der Waals surface area contributed by atoms with Crippen LogP contribution in [0.1, 0.15) is 29.8 Å². The molecule has 0 aliphatic heterocycles. The SMILES string of the molecule is CC(C)Oc1ccc(CCNC(=O)c2c[nH]n3c(=O)ccnc23)cc1. The van der Waals surface area contributed by atoms with Gasteiger partial charge in [0.05, 0.1) is 6.10 Å². The van der Waals surface area contributed by atoms with E-state index in [1.807, 2.05) is 38.1 Å². The third-order valence-electron chi connectivity index (χ3n) is 3.66. The lowest BCUT2D eigenvalue weighted by Gasteiger charge is -2.10. The van der Waals surface area contributed by atoms with Gasteiger partial charge in [0, 0.05) is 25.0 Å². The van der Waals surface area contributed by atoms with Crippen molar-refractivity contribution in [2.45, 2.75) is 26.4 Å². The van der Waals surface area contributed by atoms with E-state index in [0.717, 1.165) is 11.3 Å². The number of H-pyrrole nitrogens is 1. The number of ether oxygens (including phenoxy) is 1. The number of hydrogen-bond acceptors (Lipinski definition) is 4. The van der Waals surface area contributed by atoms with E-state index >= 15 is 0 Å². The molecule has 7 nitrogen and oxygen atoms in total. The second kappa shape index (κ2) is 7.21. The van der Waals surface area contributed by atoms with Gasteiger partial charge in [0.2, 0.25) is 0 Å². The lowest BCUT2D eigenvalue weighted by molar-refractivity contribution is 0.0955. The Kier molecular flexibility index (Phi) is 4.83. The second-order valence-corrected chi connectivity index (χ2v) is 5.95. The Morgan fingerprint density at radius 3 is 2.76 bits per heavy atom. The van der Waals surface area contributed by atoms with Gasteiger partial charge in [0.25, 0.3) is 11.5 Å². The molecule has 2 N–H and O–H groups in total. The van der Waals surface area contributed by atoms with Gasteiger partial charge in [0.1, 0.15) is 11.3 Å². The van der Waals surface area contributed by atoms with Crippen LogP contribution in [-0.4, -0.2) is 33.2 Å². The topological polar surface area (TPSA) is 88.5 Å². The molecule has 0 radical (unpaired) electrons. The largest absolute Gasteiger partial charge is 0.491 e. The molecule has 0 saturated heterocycles. The van der Waals surface area contributed by atoms with Crippen molar-refractivity contribution in [3.63, 3.8) is 0 Å². The first kappa shape index (κ1) is 16.8. The minimum absolute atomic E-state index is 0.141. The van der Waals surface area contributed by atoms with Crippen molar-refractivity contribution in [1.29, 1.82) is 0 Å². The van der Waals surface area contributed by atoms with E-state index < -0.39 is 0 Å². The van der Waals surface area contributed by atoms with Gasteiger partial charge in [-0.3, -0.25) is 14.7 Å². The minimum atomic E-state index is -0.267. The van der Waals surface area contributed by atoms with Gasteiger partial charge in [-0.25, -0.2) is 9.50 Å². The number of rotatable bonds is 6. The fraction of sp³-hybridized carbons (Fsp3) is 0.278. The Morgan fingerprint density at radius 2 is 2.04 bits per heavy atom. The minimum Gasteiger partial charge on any atom is -0.491 e. The van der Waals surface area contributed by atoms with E-state index in [-0.39, 0.29) is 17.6 Å². The third kappa shape index (κ3) is 3.88. The number of hydrogen-bond donors (Lipinski definition) is 2. The molecule has 0 atom stereocenters. The molecule has 0 saturated carbocycles. The van der Waals surface area contributed by atoms with Crippen LogP contribution >= 0.6 is 0 Å². The predicted octanol–water partition coefficient (Wildman–Crippen LogP) is 1.78. The molecule has 0 fully saturated rings. The maximum Gasteiger partial charge on any atom is 0.272 e. The summed E-state index contributed by atoms with van der Waals surface area (Å²) in [6.07, 6.45) is 3.71. The molecule has 0 bridgehead atoms. The lowest BCUT2D eigenvalue weighted by Crippen LogP contribution is -2.26. The van der Waals surface area contributed by atoms with Crippen LogP contribution in [0, 0.1) is 0 Å². The smallest absolute Gasteiger partial charge is 0.272 e. The summed E-state index contributed by atoms with van der Waals surface area (Å²) in [6, 6.07) is 9.14. The Balaban J connectivity index is 1.59. The van der Waals surface area contributed by atoms with E-state index in [1.165, 1.54) is 23.0 Å². The average Bonchev–Trinajstić information content (AvgIpc) is 3.01. The molecule has 3 aromatic rings. The Bertz CT molecular complexity index is 925. The molecule has 0 unspecified atom stereocenters. The number of carbonyl (C=O) groups is 1. The molecular formula is C18H20N4O3. The number of nitrogens with one attached hydrogen (secondary N) is 2. The summed E-state index contributed by atoms with van der Waals surface area (Å²) in [5.41, 5.74) is 1.51. The molecule has 0 aliphatic rings. The molecule has 7 heteroatoms. The zero-order chi connectivity index (χ0) is 17.8. The number of nitrogens with zero attached hydrogens (tertiary/aromatic N) is 2. The summed E-state index contributed by atoms with van der Waals surface area (Å²) in [4.78, 5) is 28.0. The van der Waals surface area contributed by atoms with Gasteiger partial charge in [-0.15, -0.1) is 0 Å². The summed E-state index contributed by atoms with van der Waals surface area (Å²) < 4.78 is 6.84. The molecule has 2 heterocycles. The normalized spacial score (nSPS) is 11.0. The number of amides is 1. The molecular weight excluding hydrogens is 320 g/mol. The molecule has 0 spiro atoms. The van der Waals surface area contributed by atoms with E-state index in [4.69, 9.17) is 4.74 Å². The van der Waals surface area contributed by atoms with Crippen LogP contribution < -0.4 is 15.6 Å². The Morgan fingerprint density at radius 1 is 1.28 bits per heavy atom. The summed E-state index contributed by atoms with van der Waals surface area (Å²) in [6.45, 7) is 4.45. The van der Waals surface area contributed by atoms with Crippen LogP contribution in [0.25, 0.3) is 5.65 Å². The summed E-state index contributed by atoms with van der Waals surface area (Å²) in [7, 11) is 0. The maximum atomic E-state index is 12.3. The summed E-state index contributed by atoms with van der Waals surface area (Å²) in [5.74, 6) is 0.565. The zero-order valence-electron chi connectivity index (χ0n) is 14.2. The number of fused-ring (bicyclic) bond motifs is 1. The number of benzene rings is 1. The van der Waals surface area contributed by atoms with Gasteiger partial charge in [-0.2, -0.15) is 0 Å². The summed E-state index contributed by atoms with van der Waals surface area (Å²) in [5, 5.41) is 5.58. The fourth-order valence-electron chi connectivity index (χ4n) is 2.51. The van der Waals surface area contributed by atoms with Crippen molar-refractivity contribution in [3.05, 3.63) is 64.2 Å². The van der Waals surface area contributed by atoms with Crippen LogP contribution in [0.3, 0.4) is 0 Å². The highest BCUT2D eigenvalue weighted by Crippen LogP contribution is 2.14. The van der Waals surface area contributed by atoms with Crippen LogP contribution in [0.5, 0.6) is 5.75 Å². The monoisotopic (exact) mass is 340 g/mol. The van der Waals surface area contributed by atoms with Gasteiger partial charge in [-0.05, 0) is 38.0 Å². The molecule has 1 aromatic carbocycles. The first-order chi connectivity index (χ1) is 12.0. The Hall–Kier alpha value is -3.09. The second-order valence-electron chi connectivity index (χ2n) is 5.95. The van der Waals surface area contributed by atoms with Gasteiger partial charge in [0.15, 0.2) is 5.65 Å². The first-order valence-corrected chi connectivity index (χ1v) is 8.13. The number of carbonyl (C=O) groups excluding carboxylic acids is 1. The molecule has 1 amide bonds. The van der Waals surface area contributed by atoms with Crippen LogP contribution in [-0.2, 0) is 6.42 Å². The van der Waals surface area contributed by atoms with Crippen molar-refractivity contribution in [1.82, 2.24) is 19.9 Å². The third-order valence-corrected chi connectivity index (χ3v) is 3.66. The van der Waals surface area contributed by atoms with Crippen molar-refractivity contribution >= 4 is 11.6 Å². The van der Waals surface area contributed by atoms with E-state index in [2.05, 4.69) is 15.4 Å². The lowest BCUT2D eigenvalue weighted by atomic mass is 10.1. The number of aromatic nitrogens is 3. The highest BCUT2D eigenvalue weighted by molar-refractivity contribution is 5.99. The van der Waals surface area contributed by atoms with Gasteiger partial charge in [-0.1, -0.05) is 12.1 Å². The van der Waals surface area contributed by atoms with Crippen LogP contribution in [0.4, 0.5) is 0 Å². The molecule has 25 heavy (non-hydrogen) atoms. The fourth-order valence-corrected chi connectivity index (χ4v) is 2.51.